The van der Waals surface area contributed by atoms with Crippen molar-refractivity contribution in [1.82, 2.24) is 15.0 Å². The number of benzene rings is 4. The summed E-state index contributed by atoms with van der Waals surface area (Å²) in [6.07, 6.45) is 3.71. The zero-order chi connectivity index (χ0) is 38.0. The number of aryl methyl sites for hydroxylation is 1. The zero-order valence-electron chi connectivity index (χ0n) is 30.5. The van der Waals surface area contributed by atoms with E-state index in [9.17, 15) is 19.5 Å². The van der Waals surface area contributed by atoms with E-state index in [2.05, 4.69) is 10.3 Å². The van der Waals surface area contributed by atoms with Crippen LogP contribution in [0.4, 0.5) is 28.4 Å². The zero-order valence-corrected chi connectivity index (χ0v) is 31.5. The molecule has 1 fully saturated rings. The normalized spacial score (nSPS) is 20.6. The van der Waals surface area contributed by atoms with E-state index in [1.165, 1.54) is 0 Å². The van der Waals surface area contributed by atoms with Gasteiger partial charge in [-0.25, -0.2) is 0 Å². The van der Waals surface area contributed by atoms with E-state index in [4.69, 9.17) is 4.74 Å². The predicted molar refractivity (Wildman–Crippen MR) is 208 cm³/mol. The maximum Gasteiger partial charge on any atom is 0.264 e. The Bertz CT molecular complexity index is 2110. The van der Waals surface area contributed by atoms with E-state index in [0.717, 1.165) is 24.1 Å². The molecule has 0 aliphatic carbocycles. The van der Waals surface area contributed by atoms with Crippen LogP contribution in [0.3, 0.4) is 0 Å². The summed E-state index contributed by atoms with van der Waals surface area (Å²) in [5.41, 5.74) is 3.76. The lowest BCUT2D eigenvalue weighted by atomic mass is 9.82. The molecule has 54 heavy (non-hydrogen) atoms. The van der Waals surface area contributed by atoms with Crippen LogP contribution >= 0.6 is 0 Å². The molecule has 0 bridgehead atoms. The average molecular weight is 745 g/mol. The van der Waals surface area contributed by atoms with Crippen LogP contribution in [0.5, 0.6) is 0 Å². The Balaban J connectivity index is 1.27. The van der Waals surface area contributed by atoms with Gasteiger partial charge in [0.1, 0.15) is 0 Å². The minimum atomic E-state index is -2.95. The van der Waals surface area contributed by atoms with Gasteiger partial charge in [0.2, 0.25) is 12.8 Å². The predicted octanol–water partition coefficient (Wildman–Crippen LogP) is 5.84. The van der Waals surface area contributed by atoms with E-state index in [1.54, 1.807) is 25.6 Å². The molecule has 5 aromatic rings. The number of carbonyl (C=O) groups is 3. The van der Waals surface area contributed by atoms with Crippen molar-refractivity contribution in [2.75, 3.05) is 21.3 Å². The summed E-state index contributed by atoms with van der Waals surface area (Å²) in [4.78, 5) is 56.4. The Morgan fingerprint density at radius 2 is 1.46 bits per heavy atom. The van der Waals surface area contributed by atoms with Crippen molar-refractivity contribution >= 4 is 55.5 Å². The van der Waals surface area contributed by atoms with Gasteiger partial charge in [-0.1, -0.05) is 60.7 Å². The second-order valence-electron chi connectivity index (χ2n) is 14.5. The number of amides is 3. The third-order valence-electron chi connectivity index (χ3n) is 10.7. The molecule has 4 aromatic carbocycles. The van der Waals surface area contributed by atoms with Crippen molar-refractivity contribution in [1.29, 1.82) is 0 Å². The molecule has 13 heteroatoms. The van der Waals surface area contributed by atoms with E-state index < -0.39 is 25.9 Å². The van der Waals surface area contributed by atoms with E-state index in [-0.39, 0.29) is 24.6 Å². The molecule has 1 spiro atoms. The summed E-state index contributed by atoms with van der Waals surface area (Å²) in [5.74, 6) is -0.656. The molecule has 0 saturated carbocycles. The first-order valence-electron chi connectivity index (χ1n) is 18.1. The average Bonchev–Trinajstić information content (AvgIpc) is 3.82. The highest BCUT2D eigenvalue weighted by Crippen LogP contribution is 2.60. The first kappa shape index (κ1) is 36.9. The maximum atomic E-state index is 15.1. The van der Waals surface area contributed by atoms with Crippen LogP contribution in [-0.2, 0) is 44.2 Å². The van der Waals surface area contributed by atoms with Gasteiger partial charge in [0.25, 0.3) is 5.91 Å². The van der Waals surface area contributed by atoms with Crippen molar-refractivity contribution in [3.63, 3.8) is 0 Å². The van der Waals surface area contributed by atoms with Crippen LogP contribution in [0, 0.1) is 5.92 Å². The third kappa shape index (κ3) is 6.75. The number of nitrogens with zero attached hydrogens (tertiary/aromatic N) is 6. The van der Waals surface area contributed by atoms with Crippen LogP contribution in [0.25, 0.3) is 0 Å². The summed E-state index contributed by atoms with van der Waals surface area (Å²) in [5, 5.41) is 17.7. The molecule has 4 atom stereocenters. The van der Waals surface area contributed by atoms with Crippen LogP contribution in [0.1, 0.15) is 30.2 Å². The highest BCUT2D eigenvalue weighted by molar-refractivity contribution is 6.71. The lowest BCUT2D eigenvalue weighted by molar-refractivity contribution is -0.146. The Kier molecular flexibility index (Phi) is 10.3. The molecule has 0 radical (unpaired) electrons. The fraction of sp³-hybridized carbons (Fsp3) is 0.293. The number of hydrogen-bond donors (Lipinski definition) is 2. The van der Waals surface area contributed by atoms with Crippen LogP contribution < -0.4 is 14.7 Å². The van der Waals surface area contributed by atoms with Crippen molar-refractivity contribution in [3.05, 3.63) is 126 Å². The molecule has 278 valence electrons. The summed E-state index contributed by atoms with van der Waals surface area (Å²) in [7, 11) is -2.95. The number of rotatable bonds is 14. The smallest absolute Gasteiger partial charge is 0.264 e. The number of aromatic nitrogens is 3. The van der Waals surface area contributed by atoms with Crippen molar-refractivity contribution in [2.45, 2.75) is 63.2 Å². The first-order chi connectivity index (χ1) is 26.1. The number of fused-ring (bicyclic) bond motifs is 2. The van der Waals surface area contributed by atoms with Crippen molar-refractivity contribution in [3.8, 4) is 0 Å². The van der Waals surface area contributed by atoms with Gasteiger partial charge in [0.15, 0.2) is 13.9 Å². The van der Waals surface area contributed by atoms with Crippen molar-refractivity contribution < 1.29 is 29.0 Å². The summed E-state index contributed by atoms with van der Waals surface area (Å²) < 4.78 is 8.77. The second kappa shape index (κ2) is 15.1. The number of carbonyl (C=O) groups excluding carboxylic acids is 3. The maximum absolute atomic E-state index is 15.1. The number of aliphatic hydroxyl groups excluding tert-OH is 1. The number of hydrogen-bond acceptors (Lipinski definition) is 8. The minimum absolute atomic E-state index is 0.0301. The van der Waals surface area contributed by atoms with Gasteiger partial charge in [-0.2, -0.15) is 0 Å². The van der Waals surface area contributed by atoms with Gasteiger partial charge in [0.05, 0.1) is 24.0 Å². The molecule has 7 rings (SSSR count). The Morgan fingerprint density at radius 3 is 2.06 bits per heavy atom. The van der Waals surface area contributed by atoms with E-state index in [0.29, 0.717) is 53.4 Å². The number of ether oxygens (including phenoxy) is 1. The van der Waals surface area contributed by atoms with Crippen LogP contribution in [0.15, 0.2) is 109 Å². The first-order valence-corrected chi connectivity index (χ1v) is 21.2. The monoisotopic (exact) mass is 744 g/mol. The van der Waals surface area contributed by atoms with Gasteiger partial charge in [-0.15, -0.1) is 5.10 Å². The molecular weight excluding hydrogens is 701 g/mol. The number of para-hydroxylation sites is 2. The van der Waals surface area contributed by atoms with Crippen LogP contribution in [-0.4, -0.2) is 64.7 Å². The largest absolute Gasteiger partial charge is 0.432 e. The van der Waals surface area contributed by atoms with E-state index in [1.807, 2.05) is 123 Å². The topological polar surface area (TPSA) is 141 Å². The second-order valence-corrected chi connectivity index (χ2v) is 18.5. The Morgan fingerprint density at radius 1 is 0.870 bits per heavy atom. The SMILES string of the molecule is C[C@H]1[C@H]([Si](C)(C)O)[C@@H](CCn2cc(CCO)nn2)O[C@]12C(=O)N(Cc1ccc(N(C=O)c3ccccc3)cc1)c1ccc(N(C=O)c3ccccc3)cc12. The molecule has 3 heterocycles. The Hall–Kier alpha value is -5.47. The lowest BCUT2D eigenvalue weighted by Crippen LogP contribution is -2.46. The molecule has 2 N–H and O–H groups in total. The molecule has 1 saturated heterocycles. The van der Waals surface area contributed by atoms with Crippen molar-refractivity contribution in [2.24, 2.45) is 5.92 Å². The molecule has 1 aromatic heterocycles. The highest BCUT2D eigenvalue weighted by atomic mass is 28.4. The van der Waals surface area contributed by atoms with Gasteiger partial charge in [-0.3, -0.25) is 28.9 Å². The molecule has 3 amide bonds. The van der Waals surface area contributed by atoms with E-state index >= 15 is 4.79 Å². The summed E-state index contributed by atoms with van der Waals surface area (Å²) >= 11 is 0. The molecule has 12 nitrogen and oxygen atoms in total. The van der Waals surface area contributed by atoms with Crippen LogP contribution in [0.2, 0.25) is 18.6 Å². The minimum Gasteiger partial charge on any atom is -0.432 e. The third-order valence-corrected chi connectivity index (χ3v) is 13.2. The molecule has 2 aliphatic rings. The van der Waals surface area contributed by atoms with Gasteiger partial charge in [0, 0.05) is 65.5 Å². The van der Waals surface area contributed by atoms with Gasteiger partial charge < -0.3 is 19.5 Å². The molecule has 0 unspecified atom stereocenters. The summed E-state index contributed by atoms with van der Waals surface area (Å²) in [6.45, 7) is 6.40. The number of aliphatic hydroxyl groups is 1. The highest BCUT2D eigenvalue weighted by Gasteiger charge is 2.66. The molecule has 2 aliphatic heterocycles. The van der Waals surface area contributed by atoms with Gasteiger partial charge in [-0.05, 0) is 79.7 Å². The fourth-order valence-electron chi connectivity index (χ4n) is 8.24. The number of anilines is 5. The fourth-order valence-corrected chi connectivity index (χ4v) is 10.8. The summed E-state index contributed by atoms with van der Waals surface area (Å²) in [6, 6.07) is 31.8. The Labute approximate surface area is 315 Å². The quantitative estimate of drug-likeness (QED) is 0.107. The lowest BCUT2D eigenvalue weighted by Gasteiger charge is -2.32. The standard InChI is InChI=1S/C41H44N6O6Si/c1-29-39(54(2,3)52)38(20-22-44-26-31(21-23-48)42-43-44)53-41(29)36-24-35(47(28-50)33-12-8-5-9-13-33)18-19-37(36)45(40(41)51)25-30-14-16-34(17-15-30)46(27-49)32-10-6-4-7-11-32/h4-19,24,26-29,38-39,48,52H,20-23,25H2,1-3H3/t29-,38+,39-,41+/m0/s1. The van der Waals surface area contributed by atoms with Gasteiger partial charge >= 0.3 is 0 Å². The molecular formula is C41H44N6O6Si.